The number of aliphatic hydroxyl groups excluding tert-OH is 1. The number of hydrogen-bond acceptors (Lipinski definition) is 7. The Kier molecular flexibility index (Phi) is 17.9. The molecule has 41 heavy (non-hydrogen) atoms. The average Bonchev–Trinajstić information content (AvgIpc) is 2.92. The van der Waals surface area contributed by atoms with Crippen LogP contribution >= 0.6 is 0 Å². The van der Waals surface area contributed by atoms with Crippen LogP contribution in [-0.4, -0.2) is 85.4 Å². The van der Waals surface area contributed by atoms with Crippen LogP contribution in [0.5, 0.6) is 0 Å². The largest absolute Gasteiger partial charge is 0.465 e. The molecule has 2 rings (SSSR count). The maximum atomic E-state index is 11.9. The zero-order chi connectivity index (χ0) is 29.9. The summed E-state index contributed by atoms with van der Waals surface area (Å²) in [7, 11) is 0. The molecule has 1 saturated carbocycles. The van der Waals surface area contributed by atoms with E-state index in [-0.39, 0.29) is 18.5 Å². The maximum Gasteiger partial charge on any atom is 0.305 e. The molecular weight excluding hydrogens is 516 g/mol. The van der Waals surface area contributed by atoms with Gasteiger partial charge in [0.15, 0.2) is 0 Å². The molecule has 0 heterocycles. The highest BCUT2D eigenvalue weighted by Crippen LogP contribution is 2.39. The minimum atomic E-state index is -0.0866. The van der Waals surface area contributed by atoms with E-state index in [4.69, 9.17) is 9.47 Å². The van der Waals surface area contributed by atoms with Gasteiger partial charge in [-0.1, -0.05) is 70.9 Å². The van der Waals surface area contributed by atoms with Crippen molar-refractivity contribution >= 4 is 11.9 Å². The van der Waals surface area contributed by atoms with Crippen molar-refractivity contribution < 1.29 is 24.2 Å². The Bertz CT molecular complexity index is 792. The van der Waals surface area contributed by atoms with Crippen LogP contribution in [0.15, 0.2) is 30.3 Å². The fourth-order valence-electron chi connectivity index (χ4n) is 5.32. The topological polar surface area (TPSA) is 79.3 Å². The number of unbranched alkanes of at least 4 members (excludes halogenated alkanes) is 4. The van der Waals surface area contributed by atoms with Crippen LogP contribution in [0.3, 0.4) is 0 Å². The second kappa shape index (κ2) is 20.8. The normalized spacial score (nSPS) is 16.9. The zero-order valence-electron chi connectivity index (χ0n) is 26.4. The Morgan fingerprint density at radius 2 is 1.29 bits per heavy atom. The fourth-order valence-corrected chi connectivity index (χ4v) is 5.32. The zero-order valence-corrected chi connectivity index (χ0v) is 26.4. The second-order valence-electron chi connectivity index (χ2n) is 12.6. The smallest absolute Gasteiger partial charge is 0.305 e. The number of nitrogens with zero attached hydrogens (tertiary/aromatic N) is 2. The molecule has 0 unspecified atom stereocenters. The van der Waals surface area contributed by atoms with Gasteiger partial charge in [-0.25, -0.2) is 0 Å². The number of carbonyl (C=O) groups excluding carboxylic acids is 2. The summed E-state index contributed by atoms with van der Waals surface area (Å²) in [4.78, 5) is 28.9. The second-order valence-corrected chi connectivity index (χ2v) is 12.6. The molecule has 7 heteroatoms. The maximum absolute atomic E-state index is 11.9. The van der Waals surface area contributed by atoms with Crippen molar-refractivity contribution in [1.29, 1.82) is 0 Å². The van der Waals surface area contributed by atoms with Gasteiger partial charge in [0.25, 0.3) is 0 Å². The molecule has 234 valence electrons. The molecule has 1 aromatic rings. The lowest BCUT2D eigenvalue weighted by Crippen LogP contribution is -2.48. The van der Waals surface area contributed by atoms with Gasteiger partial charge in [0.2, 0.25) is 0 Å². The fraction of sp³-hybridized carbons (Fsp3) is 0.765. The molecule has 0 aromatic heterocycles. The van der Waals surface area contributed by atoms with E-state index >= 15 is 0 Å². The first-order valence-electron chi connectivity index (χ1n) is 16.2. The molecule has 0 atom stereocenters. The van der Waals surface area contributed by atoms with Crippen molar-refractivity contribution in [2.24, 2.45) is 11.8 Å². The highest BCUT2D eigenvalue weighted by molar-refractivity contribution is 5.69. The molecule has 1 N–H and O–H groups in total. The van der Waals surface area contributed by atoms with Gasteiger partial charge in [-0.05, 0) is 74.9 Å². The number of carbonyl (C=O) groups is 2. The number of aliphatic hydroxyl groups is 1. The lowest BCUT2D eigenvalue weighted by Gasteiger charge is -2.44. The molecule has 1 aliphatic carbocycles. The number of rotatable bonds is 23. The van der Waals surface area contributed by atoms with Gasteiger partial charge < -0.3 is 19.5 Å². The van der Waals surface area contributed by atoms with Crippen LogP contribution in [0.4, 0.5) is 0 Å². The summed E-state index contributed by atoms with van der Waals surface area (Å²) >= 11 is 0. The molecule has 0 aliphatic heterocycles. The monoisotopic (exact) mass is 574 g/mol. The first-order chi connectivity index (χ1) is 19.8. The Morgan fingerprint density at radius 1 is 0.756 bits per heavy atom. The van der Waals surface area contributed by atoms with Crippen molar-refractivity contribution in [3.63, 3.8) is 0 Å². The SMILES string of the molecule is CC(C)COC(=O)CCCCCN(CCCCCC(=O)OCC(C)C)CCN(CCO)C1CC(c2ccccc2)C1. The van der Waals surface area contributed by atoms with Crippen LogP contribution in [0, 0.1) is 11.8 Å². The van der Waals surface area contributed by atoms with Crippen LogP contribution in [-0.2, 0) is 19.1 Å². The van der Waals surface area contributed by atoms with E-state index in [1.54, 1.807) is 0 Å². The minimum Gasteiger partial charge on any atom is -0.465 e. The third-order valence-electron chi connectivity index (χ3n) is 7.86. The van der Waals surface area contributed by atoms with Gasteiger partial charge in [0.1, 0.15) is 0 Å². The van der Waals surface area contributed by atoms with Gasteiger partial charge in [0, 0.05) is 38.5 Å². The van der Waals surface area contributed by atoms with Crippen molar-refractivity contribution in [2.45, 2.75) is 104 Å². The third kappa shape index (κ3) is 15.7. The van der Waals surface area contributed by atoms with E-state index in [1.165, 1.54) is 5.56 Å². The Balaban J connectivity index is 1.77. The molecule has 1 fully saturated rings. The van der Waals surface area contributed by atoms with Crippen molar-refractivity contribution in [2.75, 3.05) is 52.5 Å². The highest BCUT2D eigenvalue weighted by atomic mass is 16.5. The van der Waals surface area contributed by atoms with E-state index in [1.807, 2.05) is 0 Å². The van der Waals surface area contributed by atoms with E-state index in [0.717, 1.165) is 84.1 Å². The summed E-state index contributed by atoms with van der Waals surface area (Å²) < 4.78 is 10.6. The Morgan fingerprint density at radius 3 is 1.78 bits per heavy atom. The molecule has 0 spiro atoms. The predicted molar refractivity (Wildman–Crippen MR) is 166 cm³/mol. The number of hydrogen-bond donors (Lipinski definition) is 1. The molecule has 0 bridgehead atoms. The van der Waals surface area contributed by atoms with Crippen molar-refractivity contribution in [3.05, 3.63) is 35.9 Å². The number of benzene rings is 1. The highest BCUT2D eigenvalue weighted by Gasteiger charge is 2.34. The molecular formula is C34H58N2O5. The van der Waals surface area contributed by atoms with Gasteiger partial charge in [-0.15, -0.1) is 0 Å². The van der Waals surface area contributed by atoms with Crippen LogP contribution in [0.1, 0.15) is 103 Å². The summed E-state index contributed by atoms with van der Waals surface area (Å²) in [6.07, 6.45) is 9.16. The minimum absolute atomic E-state index is 0.0866. The van der Waals surface area contributed by atoms with Crippen molar-refractivity contribution in [1.82, 2.24) is 9.80 Å². The summed E-state index contributed by atoms with van der Waals surface area (Å²) in [5, 5.41) is 9.75. The van der Waals surface area contributed by atoms with Gasteiger partial charge in [-0.3, -0.25) is 14.5 Å². The number of ether oxygens (including phenoxy) is 2. The quantitative estimate of drug-likeness (QED) is 0.126. The molecule has 1 aliphatic rings. The predicted octanol–water partition coefficient (Wildman–Crippen LogP) is 6.05. The van der Waals surface area contributed by atoms with E-state index < -0.39 is 0 Å². The lowest BCUT2D eigenvalue weighted by molar-refractivity contribution is -0.145. The summed E-state index contributed by atoms with van der Waals surface area (Å²) in [6.45, 7) is 14.0. The first-order valence-corrected chi connectivity index (χ1v) is 16.2. The molecule has 7 nitrogen and oxygen atoms in total. The average molecular weight is 575 g/mol. The third-order valence-corrected chi connectivity index (χ3v) is 7.86. The van der Waals surface area contributed by atoms with Gasteiger partial charge >= 0.3 is 11.9 Å². The van der Waals surface area contributed by atoms with Crippen LogP contribution in [0.2, 0.25) is 0 Å². The van der Waals surface area contributed by atoms with Crippen molar-refractivity contribution in [3.8, 4) is 0 Å². The van der Waals surface area contributed by atoms with Gasteiger partial charge in [-0.2, -0.15) is 0 Å². The van der Waals surface area contributed by atoms with E-state index in [0.29, 0.717) is 49.9 Å². The lowest BCUT2D eigenvalue weighted by atomic mass is 9.75. The first kappa shape index (κ1) is 35.2. The van der Waals surface area contributed by atoms with E-state index in [9.17, 15) is 14.7 Å². The molecule has 0 saturated heterocycles. The summed E-state index contributed by atoms with van der Waals surface area (Å²) in [5.74, 6) is 1.19. The molecule has 0 amide bonds. The van der Waals surface area contributed by atoms with Crippen LogP contribution < -0.4 is 0 Å². The molecule has 1 aromatic carbocycles. The molecule has 0 radical (unpaired) electrons. The standard InChI is InChI=1S/C34H58N2O5/c1-28(2)26-40-33(38)16-10-6-12-18-35(19-13-7-11-17-34(39)41-27-29(3)4)20-21-36(22-23-37)32-24-31(25-32)30-14-8-5-9-15-30/h5,8-9,14-15,28-29,31-32,37H,6-7,10-13,16-27H2,1-4H3. The van der Waals surface area contributed by atoms with Gasteiger partial charge in [0.05, 0.1) is 19.8 Å². The number of esters is 2. The summed E-state index contributed by atoms with van der Waals surface area (Å²) in [6, 6.07) is 11.3. The summed E-state index contributed by atoms with van der Waals surface area (Å²) in [5.41, 5.74) is 1.43. The van der Waals surface area contributed by atoms with E-state index in [2.05, 4.69) is 67.8 Å². The Labute approximate surface area is 250 Å². The van der Waals surface area contributed by atoms with Crippen LogP contribution in [0.25, 0.3) is 0 Å². The Hall–Kier alpha value is -1.96.